The number of hydrogen-bond acceptors (Lipinski definition) is 3. The molecule has 0 saturated carbocycles. The van der Waals surface area contributed by atoms with Gasteiger partial charge in [-0.2, -0.15) is 5.26 Å². The zero-order valence-electron chi connectivity index (χ0n) is 8.28. The van der Waals surface area contributed by atoms with E-state index >= 15 is 0 Å². The van der Waals surface area contributed by atoms with E-state index in [0.717, 1.165) is 32.5 Å². The molecule has 0 radical (unpaired) electrons. The van der Waals surface area contributed by atoms with E-state index < -0.39 is 0 Å². The third-order valence-corrected chi connectivity index (χ3v) is 3.00. The molecule has 0 bridgehead atoms. The fourth-order valence-electron chi connectivity index (χ4n) is 2.12. The van der Waals surface area contributed by atoms with Gasteiger partial charge in [-0.3, -0.25) is 0 Å². The van der Waals surface area contributed by atoms with Gasteiger partial charge in [0.2, 0.25) is 0 Å². The molecule has 0 spiro atoms. The summed E-state index contributed by atoms with van der Waals surface area (Å²) in [6, 6.07) is 2.28. The van der Waals surface area contributed by atoms with E-state index in [1.807, 2.05) is 6.08 Å². The molecule has 14 heavy (non-hydrogen) atoms. The molecule has 1 aliphatic carbocycles. The van der Waals surface area contributed by atoms with Crippen molar-refractivity contribution in [1.82, 2.24) is 5.32 Å². The lowest BCUT2D eigenvalue weighted by Gasteiger charge is -2.31. The maximum Gasteiger partial charge on any atom is 0.0762 e. The van der Waals surface area contributed by atoms with Crippen molar-refractivity contribution in [3.63, 3.8) is 0 Å². The summed E-state index contributed by atoms with van der Waals surface area (Å²) in [5.74, 6) is 0.634. The van der Waals surface area contributed by atoms with Crippen LogP contribution in [0.5, 0.6) is 0 Å². The molecule has 3 unspecified atom stereocenters. The summed E-state index contributed by atoms with van der Waals surface area (Å²) in [4.78, 5) is 0. The number of hydrogen-bond donors (Lipinski definition) is 1. The Morgan fingerprint density at radius 2 is 2.29 bits per heavy atom. The number of rotatable bonds is 1. The van der Waals surface area contributed by atoms with Crippen molar-refractivity contribution in [1.29, 1.82) is 5.26 Å². The smallest absolute Gasteiger partial charge is 0.0762 e. The third-order valence-electron chi connectivity index (χ3n) is 3.00. The van der Waals surface area contributed by atoms with Gasteiger partial charge >= 0.3 is 0 Å². The predicted octanol–water partition coefficient (Wildman–Crippen LogP) is 1.08. The molecule has 1 heterocycles. The topological polar surface area (TPSA) is 45.0 Å². The Balaban J connectivity index is 1.90. The summed E-state index contributed by atoms with van der Waals surface area (Å²) in [5, 5.41) is 12.1. The lowest BCUT2D eigenvalue weighted by Crippen LogP contribution is -2.42. The largest absolute Gasteiger partial charge is 0.375 e. The maximum atomic E-state index is 8.74. The molecule has 0 aromatic carbocycles. The quantitative estimate of drug-likeness (QED) is 0.632. The maximum absolute atomic E-state index is 8.74. The van der Waals surface area contributed by atoms with E-state index in [2.05, 4.69) is 17.5 Å². The summed E-state index contributed by atoms with van der Waals surface area (Å²) >= 11 is 0. The standard InChI is InChI=1S/C11H16N2O/c12-7-9-1-3-10(4-2-9)11-8-13-5-6-14-11/h1,3,9-11,13H,2,4-6,8H2. The minimum atomic E-state index is 0.128. The highest BCUT2D eigenvalue weighted by atomic mass is 16.5. The van der Waals surface area contributed by atoms with E-state index in [1.165, 1.54) is 0 Å². The van der Waals surface area contributed by atoms with Crippen molar-refractivity contribution in [2.24, 2.45) is 11.8 Å². The minimum Gasteiger partial charge on any atom is -0.375 e. The first kappa shape index (κ1) is 9.70. The van der Waals surface area contributed by atoms with Crippen molar-refractivity contribution < 1.29 is 4.74 Å². The Morgan fingerprint density at radius 1 is 1.36 bits per heavy atom. The molecule has 2 aliphatic rings. The second-order valence-electron chi connectivity index (χ2n) is 3.98. The number of nitrogens with zero attached hydrogens (tertiary/aromatic N) is 1. The number of morpholine rings is 1. The van der Waals surface area contributed by atoms with Gasteiger partial charge in [0.1, 0.15) is 0 Å². The molecule has 1 N–H and O–H groups in total. The highest BCUT2D eigenvalue weighted by Gasteiger charge is 2.25. The second-order valence-corrected chi connectivity index (χ2v) is 3.98. The minimum absolute atomic E-state index is 0.128. The monoisotopic (exact) mass is 192 g/mol. The highest BCUT2D eigenvalue weighted by Crippen LogP contribution is 2.26. The zero-order valence-corrected chi connectivity index (χ0v) is 8.28. The van der Waals surface area contributed by atoms with Crippen LogP contribution in [-0.2, 0) is 4.74 Å². The van der Waals surface area contributed by atoms with Crippen molar-refractivity contribution in [2.75, 3.05) is 19.7 Å². The molecule has 2 rings (SSSR count). The molecule has 76 valence electrons. The van der Waals surface area contributed by atoms with E-state index in [9.17, 15) is 0 Å². The molecular weight excluding hydrogens is 176 g/mol. The van der Waals surface area contributed by atoms with Crippen LogP contribution in [0, 0.1) is 23.2 Å². The average Bonchev–Trinajstić information content (AvgIpc) is 2.30. The van der Waals surface area contributed by atoms with Gasteiger partial charge in [0.05, 0.1) is 24.7 Å². The molecule has 1 fully saturated rings. The normalized spacial score (nSPS) is 37.8. The van der Waals surface area contributed by atoms with Gasteiger partial charge in [0.15, 0.2) is 0 Å². The van der Waals surface area contributed by atoms with Crippen molar-refractivity contribution in [3.05, 3.63) is 12.2 Å². The fourth-order valence-corrected chi connectivity index (χ4v) is 2.12. The molecule has 1 saturated heterocycles. The van der Waals surface area contributed by atoms with E-state index in [4.69, 9.17) is 10.00 Å². The van der Waals surface area contributed by atoms with Crippen molar-refractivity contribution >= 4 is 0 Å². The summed E-state index contributed by atoms with van der Waals surface area (Å²) < 4.78 is 5.69. The van der Waals surface area contributed by atoms with E-state index in [1.54, 1.807) is 0 Å². The van der Waals surface area contributed by atoms with Gasteiger partial charge in [0.25, 0.3) is 0 Å². The van der Waals surface area contributed by atoms with Crippen LogP contribution >= 0.6 is 0 Å². The lowest BCUT2D eigenvalue weighted by atomic mass is 9.85. The van der Waals surface area contributed by atoms with Gasteiger partial charge in [0, 0.05) is 19.0 Å². The van der Waals surface area contributed by atoms with Crippen LogP contribution in [0.25, 0.3) is 0 Å². The Kier molecular flexibility index (Phi) is 3.18. The average molecular weight is 192 g/mol. The van der Waals surface area contributed by atoms with Crippen LogP contribution in [-0.4, -0.2) is 25.8 Å². The molecular formula is C11H16N2O. The van der Waals surface area contributed by atoms with Gasteiger partial charge in [-0.1, -0.05) is 12.2 Å². The molecule has 0 amide bonds. The van der Waals surface area contributed by atoms with Gasteiger partial charge in [-0.05, 0) is 12.8 Å². The number of allylic oxidation sites excluding steroid dienone is 1. The zero-order chi connectivity index (χ0) is 9.80. The fraction of sp³-hybridized carbons (Fsp3) is 0.727. The van der Waals surface area contributed by atoms with Crippen molar-refractivity contribution in [2.45, 2.75) is 18.9 Å². The van der Waals surface area contributed by atoms with Gasteiger partial charge in [-0.15, -0.1) is 0 Å². The van der Waals surface area contributed by atoms with Gasteiger partial charge in [-0.25, -0.2) is 0 Å². The molecule has 1 aliphatic heterocycles. The summed E-state index contributed by atoms with van der Waals surface area (Å²) in [5.41, 5.74) is 0. The molecule has 0 aromatic heterocycles. The van der Waals surface area contributed by atoms with Crippen LogP contribution in [0.3, 0.4) is 0 Å². The Hall–Kier alpha value is -0.850. The van der Waals surface area contributed by atoms with E-state index in [0.29, 0.717) is 12.0 Å². The Labute approximate surface area is 84.7 Å². The lowest BCUT2D eigenvalue weighted by molar-refractivity contribution is -0.000717. The molecule has 3 heteroatoms. The number of nitriles is 1. The van der Waals surface area contributed by atoms with Crippen LogP contribution in [0.2, 0.25) is 0 Å². The summed E-state index contributed by atoms with van der Waals surface area (Å²) in [7, 11) is 0. The van der Waals surface area contributed by atoms with Crippen LogP contribution < -0.4 is 5.32 Å². The van der Waals surface area contributed by atoms with Crippen LogP contribution in [0.4, 0.5) is 0 Å². The second kappa shape index (κ2) is 4.59. The Morgan fingerprint density at radius 3 is 2.86 bits per heavy atom. The predicted molar refractivity (Wildman–Crippen MR) is 53.6 cm³/mol. The molecule has 3 atom stereocenters. The summed E-state index contributed by atoms with van der Waals surface area (Å²) in [6.45, 7) is 2.73. The van der Waals surface area contributed by atoms with E-state index in [-0.39, 0.29) is 5.92 Å². The SMILES string of the molecule is N#CC1C=CC(C2CNCCO2)CC1. The highest BCUT2D eigenvalue weighted by molar-refractivity contribution is 5.07. The number of ether oxygens (including phenoxy) is 1. The number of nitrogens with one attached hydrogen (secondary N) is 1. The first-order valence-electron chi connectivity index (χ1n) is 5.30. The van der Waals surface area contributed by atoms with Crippen LogP contribution in [0.1, 0.15) is 12.8 Å². The van der Waals surface area contributed by atoms with Gasteiger partial charge < -0.3 is 10.1 Å². The first-order chi connectivity index (χ1) is 6.90. The molecule has 0 aromatic rings. The molecule has 3 nitrogen and oxygen atoms in total. The van der Waals surface area contributed by atoms with Crippen LogP contribution in [0.15, 0.2) is 12.2 Å². The third kappa shape index (κ3) is 2.14. The Bertz CT molecular complexity index is 251. The summed E-state index contributed by atoms with van der Waals surface area (Å²) in [6.07, 6.45) is 6.58. The first-order valence-corrected chi connectivity index (χ1v) is 5.30. The van der Waals surface area contributed by atoms with Crippen molar-refractivity contribution in [3.8, 4) is 6.07 Å².